The Morgan fingerprint density at radius 2 is 1.59 bits per heavy atom. The van der Waals surface area contributed by atoms with Crippen LogP contribution in [-0.2, 0) is 20.8 Å². The van der Waals surface area contributed by atoms with Crippen LogP contribution >= 0.6 is 0 Å². The maximum absolute atomic E-state index is 12.9. The first-order valence-electron chi connectivity index (χ1n) is 10.7. The molecule has 0 aliphatic heterocycles. The second-order valence-electron chi connectivity index (χ2n) is 7.68. The summed E-state index contributed by atoms with van der Waals surface area (Å²) >= 11 is 0. The van der Waals surface area contributed by atoms with E-state index in [-0.39, 0.29) is 17.4 Å². The molecule has 0 bridgehead atoms. The molecule has 0 saturated heterocycles. The zero-order chi connectivity index (χ0) is 22.5. The Kier molecular flexibility index (Phi) is 6.66. The zero-order valence-electron chi connectivity index (χ0n) is 18.2. The van der Waals surface area contributed by atoms with E-state index in [1.54, 1.807) is 12.1 Å². The highest BCUT2D eigenvalue weighted by molar-refractivity contribution is 6.07. The lowest BCUT2D eigenvalue weighted by Crippen LogP contribution is -2.15. The van der Waals surface area contributed by atoms with E-state index in [0.717, 1.165) is 18.4 Å². The number of ether oxygens (including phenoxy) is 3. The number of methoxy groups -OCH3 is 2. The van der Waals surface area contributed by atoms with Crippen LogP contribution in [0.25, 0.3) is 16.9 Å². The molecule has 4 rings (SSSR count). The maximum Gasteiger partial charge on any atom is 0.357 e. The molecule has 0 atom stereocenters. The van der Waals surface area contributed by atoms with Gasteiger partial charge in [0.25, 0.3) is 0 Å². The van der Waals surface area contributed by atoms with Crippen LogP contribution in [0, 0.1) is 0 Å². The number of rotatable bonds is 7. The fraction of sp³-hybridized carbons (Fsp3) is 0.320. The van der Waals surface area contributed by atoms with Gasteiger partial charge in [0.2, 0.25) is 0 Å². The average Bonchev–Trinajstić information content (AvgIpc) is 3.50. The summed E-state index contributed by atoms with van der Waals surface area (Å²) in [6.45, 7) is 0.396. The van der Waals surface area contributed by atoms with Gasteiger partial charge in [-0.15, -0.1) is 0 Å². The first kappa shape index (κ1) is 21.8. The van der Waals surface area contributed by atoms with Crippen molar-refractivity contribution >= 4 is 11.9 Å². The standard InChI is InChI=1S/C25H26N2O5/c1-30-24(28)21-22(20-15-9-6-10-17(20)16-32-19-13-7-8-14-19)26-27(23(21)25(29)31-2)18-11-4-3-5-12-18/h3-6,9-12,15,19H,7-8,13-14,16H2,1-2H3. The Morgan fingerprint density at radius 3 is 2.28 bits per heavy atom. The molecule has 1 fully saturated rings. The Balaban J connectivity index is 1.86. The van der Waals surface area contributed by atoms with Crippen LogP contribution in [0.15, 0.2) is 54.6 Å². The molecule has 0 spiro atoms. The molecule has 2 aromatic carbocycles. The van der Waals surface area contributed by atoms with Gasteiger partial charge in [0.15, 0.2) is 5.69 Å². The van der Waals surface area contributed by atoms with E-state index < -0.39 is 11.9 Å². The minimum absolute atomic E-state index is 0.0204. The van der Waals surface area contributed by atoms with Crippen molar-refractivity contribution in [3.63, 3.8) is 0 Å². The normalized spacial score (nSPS) is 13.8. The minimum Gasteiger partial charge on any atom is -0.465 e. The first-order chi connectivity index (χ1) is 15.6. The number of carbonyl (C=O) groups excluding carboxylic acids is 2. The quantitative estimate of drug-likeness (QED) is 0.507. The summed E-state index contributed by atoms with van der Waals surface area (Å²) in [7, 11) is 2.55. The van der Waals surface area contributed by atoms with Crippen molar-refractivity contribution in [2.75, 3.05) is 14.2 Å². The highest BCUT2D eigenvalue weighted by Crippen LogP contribution is 2.32. The molecule has 7 heteroatoms. The molecule has 1 heterocycles. The van der Waals surface area contributed by atoms with E-state index in [2.05, 4.69) is 5.10 Å². The number of para-hydroxylation sites is 1. The van der Waals surface area contributed by atoms with Crippen molar-refractivity contribution in [3.05, 3.63) is 71.4 Å². The second kappa shape index (κ2) is 9.78. The number of carbonyl (C=O) groups is 2. The van der Waals surface area contributed by atoms with Crippen LogP contribution in [0.3, 0.4) is 0 Å². The molecule has 32 heavy (non-hydrogen) atoms. The number of hydrogen-bond donors (Lipinski definition) is 0. The number of hydrogen-bond acceptors (Lipinski definition) is 6. The molecule has 0 N–H and O–H groups in total. The smallest absolute Gasteiger partial charge is 0.357 e. The van der Waals surface area contributed by atoms with Crippen molar-refractivity contribution in [3.8, 4) is 16.9 Å². The molecule has 1 saturated carbocycles. The second-order valence-corrected chi connectivity index (χ2v) is 7.68. The van der Waals surface area contributed by atoms with Crippen molar-refractivity contribution in [2.45, 2.75) is 38.4 Å². The fourth-order valence-electron chi connectivity index (χ4n) is 4.08. The molecule has 0 unspecified atom stereocenters. The molecule has 1 aliphatic rings. The topological polar surface area (TPSA) is 79.7 Å². The number of aromatic nitrogens is 2. The molecule has 0 radical (unpaired) electrons. The summed E-state index contributed by atoms with van der Waals surface area (Å²) in [6, 6.07) is 16.8. The van der Waals surface area contributed by atoms with E-state index in [4.69, 9.17) is 14.2 Å². The Morgan fingerprint density at radius 1 is 0.938 bits per heavy atom. The SMILES string of the molecule is COC(=O)c1c(-c2ccccc2COC2CCCC2)nn(-c2ccccc2)c1C(=O)OC. The van der Waals surface area contributed by atoms with Crippen molar-refractivity contribution < 1.29 is 23.8 Å². The van der Waals surface area contributed by atoms with Gasteiger partial charge in [-0.1, -0.05) is 55.3 Å². The minimum atomic E-state index is -0.673. The fourth-order valence-corrected chi connectivity index (χ4v) is 4.08. The van der Waals surface area contributed by atoms with Crippen LogP contribution in [-0.4, -0.2) is 42.0 Å². The highest BCUT2D eigenvalue weighted by Gasteiger charge is 2.32. The molecule has 0 amide bonds. The predicted octanol–water partition coefficient (Wildman–Crippen LogP) is 4.57. The Labute approximate surface area is 186 Å². The molecule has 1 aromatic heterocycles. The molecule has 166 valence electrons. The van der Waals surface area contributed by atoms with Gasteiger partial charge >= 0.3 is 11.9 Å². The monoisotopic (exact) mass is 434 g/mol. The largest absolute Gasteiger partial charge is 0.465 e. The average molecular weight is 434 g/mol. The number of benzene rings is 2. The lowest BCUT2D eigenvalue weighted by Gasteiger charge is -2.14. The molecule has 7 nitrogen and oxygen atoms in total. The van der Waals surface area contributed by atoms with Crippen LogP contribution in [0.1, 0.15) is 52.1 Å². The molecular formula is C25H26N2O5. The summed E-state index contributed by atoms with van der Waals surface area (Å²) in [6.07, 6.45) is 4.73. The van der Waals surface area contributed by atoms with Gasteiger partial charge in [-0.2, -0.15) is 5.10 Å². The van der Waals surface area contributed by atoms with Crippen molar-refractivity contribution in [1.82, 2.24) is 9.78 Å². The van der Waals surface area contributed by atoms with Crippen molar-refractivity contribution in [2.24, 2.45) is 0 Å². The van der Waals surface area contributed by atoms with Gasteiger partial charge in [0.05, 0.1) is 32.6 Å². The van der Waals surface area contributed by atoms with E-state index in [1.807, 2.05) is 42.5 Å². The lowest BCUT2D eigenvalue weighted by molar-refractivity contribution is 0.0459. The van der Waals surface area contributed by atoms with E-state index >= 15 is 0 Å². The predicted molar refractivity (Wildman–Crippen MR) is 119 cm³/mol. The third kappa shape index (κ3) is 4.29. The van der Waals surface area contributed by atoms with Crippen LogP contribution in [0.2, 0.25) is 0 Å². The summed E-state index contributed by atoms with van der Waals surface area (Å²) in [5.74, 6) is -1.33. The lowest BCUT2D eigenvalue weighted by atomic mass is 10.0. The third-order valence-corrected chi connectivity index (χ3v) is 5.70. The van der Waals surface area contributed by atoms with E-state index in [9.17, 15) is 9.59 Å². The highest BCUT2D eigenvalue weighted by atomic mass is 16.5. The van der Waals surface area contributed by atoms with Gasteiger partial charge < -0.3 is 14.2 Å². The van der Waals surface area contributed by atoms with E-state index in [0.29, 0.717) is 23.6 Å². The molecular weight excluding hydrogens is 408 g/mol. The Bertz CT molecular complexity index is 1100. The third-order valence-electron chi connectivity index (χ3n) is 5.70. The summed E-state index contributed by atoms with van der Waals surface area (Å²) in [4.78, 5) is 25.6. The molecule has 1 aliphatic carbocycles. The first-order valence-corrected chi connectivity index (χ1v) is 10.7. The summed E-state index contributed by atoms with van der Waals surface area (Å²) in [5, 5.41) is 4.69. The summed E-state index contributed by atoms with van der Waals surface area (Å²) < 4.78 is 17.6. The van der Waals surface area contributed by atoms with Crippen LogP contribution < -0.4 is 0 Å². The van der Waals surface area contributed by atoms with Crippen LogP contribution in [0.4, 0.5) is 0 Å². The van der Waals surface area contributed by atoms with Gasteiger partial charge in [0, 0.05) is 5.56 Å². The van der Waals surface area contributed by atoms with E-state index in [1.165, 1.54) is 31.7 Å². The molecule has 3 aromatic rings. The Hall–Kier alpha value is -3.45. The van der Waals surface area contributed by atoms with Gasteiger partial charge in [-0.3, -0.25) is 0 Å². The number of esters is 2. The van der Waals surface area contributed by atoms with Gasteiger partial charge in [-0.25, -0.2) is 14.3 Å². The van der Waals surface area contributed by atoms with Crippen LogP contribution in [0.5, 0.6) is 0 Å². The zero-order valence-corrected chi connectivity index (χ0v) is 18.2. The number of nitrogens with zero attached hydrogens (tertiary/aromatic N) is 2. The van der Waals surface area contributed by atoms with Gasteiger partial charge in [-0.05, 0) is 30.5 Å². The van der Waals surface area contributed by atoms with Crippen molar-refractivity contribution in [1.29, 1.82) is 0 Å². The maximum atomic E-state index is 12.9. The summed E-state index contributed by atoms with van der Waals surface area (Å²) in [5.41, 5.74) is 2.67. The van der Waals surface area contributed by atoms with Gasteiger partial charge in [0.1, 0.15) is 11.3 Å².